The van der Waals surface area contributed by atoms with Gasteiger partial charge in [0.25, 0.3) is 0 Å². The third-order valence-corrected chi connectivity index (χ3v) is 3.81. The van der Waals surface area contributed by atoms with Crippen LogP contribution in [0.5, 0.6) is 0 Å². The number of ether oxygens (including phenoxy) is 1. The average Bonchev–Trinajstić information content (AvgIpc) is 2.94. The molecule has 1 N–H and O–H groups in total. The third kappa shape index (κ3) is 2.72. The van der Waals surface area contributed by atoms with Gasteiger partial charge < -0.3 is 10.1 Å². The normalized spacial score (nSPS) is 31.5. The summed E-state index contributed by atoms with van der Waals surface area (Å²) in [7, 11) is 0. The molecule has 0 aromatic rings. The van der Waals surface area contributed by atoms with Gasteiger partial charge in [-0.25, -0.2) is 0 Å². The van der Waals surface area contributed by atoms with E-state index in [2.05, 4.69) is 18.0 Å². The fourth-order valence-electron chi connectivity index (χ4n) is 3.10. The van der Waals surface area contributed by atoms with Crippen molar-refractivity contribution in [2.45, 2.75) is 26.4 Å². The standard InChI is InChI=1S/C15H21NO3/c1-4-7-16-14(17)12-10-5-6-11(8-10)13(12)15(18)19-9(2)3/h4-6,9-13H,1,7-8H2,2-3H3,(H,16,17)/t10-,11-,12+,13+/m0/s1. The molecule has 0 unspecified atom stereocenters. The minimum Gasteiger partial charge on any atom is -0.463 e. The van der Waals surface area contributed by atoms with Crippen molar-refractivity contribution in [2.75, 3.05) is 6.54 Å². The van der Waals surface area contributed by atoms with Crippen LogP contribution in [0.4, 0.5) is 0 Å². The number of hydrogen-bond donors (Lipinski definition) is 1. The van der Waals surface area contributed by atoms with Crippen molar-refractivity contribution in [3.8, 4) is 0 Å². The molecule has 1 saturated carbocycles. The maximum absolute atomic E-state index is 12.2. The zero-order chi connectivity index (χ0) is 14.0. The van der Waals surface area contributed by atoms with Gasteiger partial charge in [0, 0.05) is 6.54 Å². The summed E-state index contributed by atoms with van der Waals surface area (Å²) in [5, 5.41) is 2.80. The SMILES string of the molecule is C=CCNC(=O)[C@H]1[C@H](C(=O)OC(C)C)[C@H]2C=C[C@H]1C2. The van der Waals surface area contributed by atoms with Gasteiger partial charge in [-0.05, 0) is 32.1 Å². The Bertz CT molecular complexity index is 414. The van der Waals surface area contributed by atoms with Gasteiger partial charge in [0.2, 0.25) is 5.91 Å². The quantitative estimate of drug-likeness (QED) is 0.606. The van der Waals surface area contributed by atoms with Crippen LogP contribution < -0.4 is 5.32 Å². The summed E-state index contributed by atoms with van der Waals surface area (Å²) < 4.78 is 5.30. The minimum absolute atomic E-state index is 0.0672. The Morgan fingerprint density at radius 3 is 2.58 bits per heavy atom. The van der Waals surface area contributed by atoms with Gasteiger partial charge in [0.1, 0.15) is 0 Å². The molecule has 2 aliphatic carbocycles. The van der Waals surface area contributed by atoms with E-state index in [9.17, 15) is 9.59 Å². The summed E-state index contributed by atoms with van der Waals surface area (Å²) in [6.07, 6.45) is 6.48. The van der Waals surface area contributed by atoms with Crippen LogP contribution >= 0.6 is 0 Å². The number of rotatable bonds is 5. The van der Waals surface area contributed by atoms with Crippen LogP contribution in [-0.4, -0.2) is 24.5 Å². The van der Waals surface area contributed by atoms with E-state index in [-0.39, 0.29) is 41.7 Å². The lowest BCUT2D eigenvalue weighted by Crippen LogP contribution is -2.41. The molecule has 0 heterocycles. The number of hydrogen-bond acceptors (Lipinski definition) is 3. The second-order valence-electron chi connectivity index (χ2n) is 5.52. The van der Waals surface area contributed by atoms with Crippen molar-refractivity contribution in [3.05, 3.63) is 24.8 Å². The van der Waals surface area contributed by atoms with E-state index < -0.39 is 0 Å². The van der Waals surface area contributed by atoms with E-state index in [0.717, 1.165) is 6.42 Å². The lowest BCUT2D eigenvalue weighted by Gasteiger charge is -2.26. The number of esters is 1. The number of carbonyl (C=O) groups is 2. The number of nitrogens with one attached hydrogen (secondary N) is 1. The Kier molecular flexibility index (Phi) is 4.08. The molecule has 2 bridgehead atoms. The van der Waals surface area contributed by atoms with Crippen LogP contribution in [0.15, 0.2) is 24.8 Å². The highest BCUT2D eigenvalue weighted by Gasteiger charge is 2.52. The lowest BCUT2D eigenvalue weighted by molar-refractivity contribution is -0.157. The first-order valence-corrected chi connectivity index (χ1v) is 6.82. The molecule has 4 atom stereocenters. The molecular formula is C15H21NO3. The zero-order valence-electron chi connectivity index (χ0n) is 11.5. The minimum atomic E-state index is -0.331. The zero-order valence-corrected chi connectivity index (χ0v) is 11.5. The Labute approximate surface area is 113 Å². The predicted octanol–water partition coefficient (Wildman–Crippen LogP) is 1.68. The largest absolute Gasteiger partial charge is 0.463 e. The number of allylic oxidation sites excluding steroid dienone is 2. The average molecular weight is 263 g/mol. The van der Waals surface area contributed by atoms with Crippen LogP contribution in [-0.2, 0) is 14.3 Å². The van der Waals surface area contributed by atoms with Crippen LogP contribution in [0, 0.1) is 23.7 Å². The molecule has 104 valence electrons. The summed E-state index contributed by atoms with van der Waals surface area (Å²) in [5.41, 5.74) is 0. The second kappa shape index (κ2) is 5.59. The maximum Gasteiger partial charge on any atom is 0.310 e. The molecule has 0 saturated heterocycles. The fourth-order valence-corrected chi connectivity index (χ4v) is 3.10. The Hall–Kier alpha value is -1.58. The van der Waals surface area contributed by atoms with Gasteiger partial charge in [-0.15, -0.1) is 6.58 Å². The van der Waals surface area contributed by atoms with Crippen molar-refractivity contribution in [2.24, 2.45) is 23.7 Å². The topological polar surface area (TPSA) is 55.4 Å². The van der Waals surface area contributed by atoms with Crippen molar-refractivity contribution < 1.29 is 14.3 Å². The van der Waals surface area contributed by atoms with E-state index in [1.165, 1.54) is 0 Å². The number of amides is 1. The Morgan fingerprint density at radius 1 is 1.37 bits per heavy atom. The van der Waals surface area contributed by atoms with Gasteiger partial charge in [-0.1, -0.05) is 18.2 Å². The van der Waals surface area contributed by atoms with Crippen molar-refractivity contribution in [1.82, 2.24) is 5.32 Å². The van der Waals surface area contributed by atoms with E-state index in [1.54, 1.807) is 6.08 Å². The highest BCUT2D eigenvalue weighted by atomic mass is 16.5. The molecular weight excluding hydrogens is 242 g/mol. The first-order chi connectivity index (χ1) is 9.04. The van der Waals surface area contributed by atoms with Gasteiger partial charge in [-0.3, -0.25) is 9.59 Å². The highest BCUT2D eigenvalue weighted by molar-refractivity contribution is 5.87. The van der Waals surface area contributed by atoms with Crippen LogP contribution in [0.3, 0.4) is 0 Å². The van der Waals surface area contributed by atoms with Gasteiger partial charge in [-0.2, -0.15) is 0 Å². The molecule has 4 nitrogen and oxygen atoms in total. The monoisotopic (exact) mass is 263 g/mol. The van der Waals surface area contributed by atoms with Crippen LogP contribution in [0.1, 0.15) is 20.3 Å². The third-order valence-electron chi connectivity index (χ3n) is 3.81. The van der Waals surface area contributed by atoms with Gasteiger partial charge >= 0.3 is 5.97 Å². The molecule has 2 aliphatic rings. The molecule has 19 heavy (non-hydrogen) atoms. The molecule has 0 spiro atoms. The maximum atomic E-state index is 12.2. The summed E-state index contributed by atoms with van der Waals surface area (Å²) >= 11 is 0. The van der Waals surface area contributed by atoms with Crippen molar-refractivity contribution in [1.29, 1.82) is 0 Å². The van der Waals surface area contributed by atoms with E-state index in [1.807, 2.05) is 19.9 Å². The van der Waals surface area contributed by atoms with Gasteiger partial charge in [0.05, 0.1) is 17.9 Å². The Balaban J connectivity index is 2.11. The highest BCUT2D eigenvalue weighted by Crippen LogP contribution is 2.48. The molecule has 1 amide bonds. The molecule has 0 radical (unpaired) electrons. The molecule has 2 rings (SSSR count). The number of carbonyl (C=O) groups excluding carboxylic acids is 2. The summed E-state index contributed by atoms with van der Waals surface area (Å²) in [6.45, 7) is 7.67. The molecule has 0 aromatic carbocycles. The predicted molar refractivity (Wildman–Crippen MR) is 72.2 cm³/mol. The summed E-state index contributed by atoms with van der Waals surface area (Å²) in [6, 6.07) is 0. The smallest absolute Gasteiger partial charge is 0.310 e. The summed E-state index contributed by atoms with van der Waals surface area (Å²) in [4.78, 5) is 24.4. The first-order valence-electron chi connectivity index (χ1n) is 6.82. The Morgan fingerprint density at radius 2 is 2.00 bits per heavy atom. The van der Waals surface area contributed by atoms with Crippen molar-refractivity contribution in [3.63, 3.8) is 0 Å². The van der Waals surface area contributed by atoms with E-state index >= 15 is 0 Å². The van der Waals surface area contributed by atoms with E-state index in [0.29, 0.717) is 6.54 Å². The molecule has 1 fully saturated rings. The molecule has 0 aromatic heterocycles. The summed E-state index contributed by atoms with van der Waals surface area (Å²) in [5.74, 6) is -0.619. The van der Waals surface area contributed by atoms with Crippen molar-refractivity contribution >= 4 is 11.9 Å². The molecule has 4 heteroatoms. The number of fused-ring (bicyclic) bond motifs is 2. The van der Waals surface area contributed by atoms with E-state index in [4.69, 9.17) is 4.74 Å². The van der Waals surface area contributed by atoms with Crippen LogP contribution in [0.25, 0.3) is 0 Å². The second-order valence-corrected chi connectivity index (χ2v) is 5.52. The van der Waals surface area contributed by atoms with Gasteiger partial charge in [0.15, 0.2) is 0 Å². The lowest BCUT2D eigenvalue weighted by atomic mass is 9.82. The first kappa shape index (κ1) is 13.8. The fraction of sp³-hybridized carbons (Fsp3) is 0.600. The van der Waals surface area contributed by atoms with Crippen LogP contribution in [0.2, 0.25) is 0 Å². The molecule has 0 aliphatic heterocycles.